The normalized spacial score (nSPS) is 19.7. The van der Waals surface area contributed by atoms with E-state index in [4.69, 9.17) is 5.73 Å². The van der Waals surface area contributed by atoms with Crippen LogP contribution >= 0.6 is 0 Å². The van der Waals surface area contributed by atoms with Crippen LogP contribution in [0.25, 0.3) is 0 Å². The van der Waals surface area contributed by atoms with Crippen molar-refractivity contribution >= 4 is 5.69 Å². The fourth-order valence-electron chi connectivity index (χ4n) is 3.02. The largest absolute Gasteiger partial charge is 0.369 e. The second-order valence-electron chi connectivity index (χ2n) is 5.63. The van der Waals surface area contributed by atoms with Gasteiger partial charge in [-0.05, 0) is 17.7 Å². The molecule has 0 unspecified atom stereocenters. The quantitative estimate of drug-likeness (QED) is 0.933. The summed E-state index contributed by atoms with van der Waals surface area (Å²) in [4.78, 5) is 4.95. The summed E-state index contributed by atoms with van der Waals surface area (Å²) in [5.74, 6) is 0. The van der Waals surface area contributed by atoms with Crippen LogP contribution in [0.4, 0.5) is 5.69 Å². The summed E-state index contributed by atoms with van der Waals surface area (Å²) >= 11 is 0. The number of benzene rings is 2. The third-order valence-electron chi connectivity index (χ3n) is 4.23. The molecule has 1 atom stereocenters. The fourth-order valence-corrected chi connectivity index (χ4v) is 3.02. The summed E-state index contributed by atoms with van der Waals surface area (Å²) < 4.78 is 0. The monoisotopic (exact) mass is 281 g/mol. The Morgan fingerprint density at radius 3 is 2.24 bits per heavy atom. The molecular weight excluding hydrogens is 258 g/mol. The van der Waals surface area contributed by atoms with Crippen LogP contribution in [0.3, 0.4) is 0 Å². The third kappa shape index (κ3) is 3.43. The molecule has 0 radical (unpaired) electrons. The molecule has 3 heteroatoms. The van der Waals surface area contributed by atoms with Crippen LogP contribution in [0, 0.1) is 0 Å². The van der Waals surface area contributed by atoms with Gasteiger partial charge in [-0.25, -0.2) is 0 Å². The average Bonchev–Trinajstić information content (AvgIpc) is 2.57. The topological polar surface area (TPSA) is 32.5 Å². The van der Waals surface area contributed by atoms with E-state index >= 15 is 0 Å². The molecule has 21 heavy (non-hydrogen) atoms. The summed E-state index contributed by atoms with van der Waals surface area (Å²) in [6.07, 6.45) is 0. The van der Waals surface area contributed by atoms with Gasteiger partial charge in [-0.15, -0.1) is 0 Å². The summed E-state index contributed by atoms with van der Waals surface area (Å²) in [7, 11) is 0. The summed E-state index contributed by atoms with van der Waals surface area (Å²) in [5, 5.41) is 0. The van der Waals surface area contributed by atoms with Crippen molar-refractivity contribution in [2.24, 2.45) is 5.73 Å². The Hall–Kier alpha value is -1.84. The lowest BCUT2D eigenvalue weighted by molar-refractivity contribution is 0.173. The van der Waals surface area contributed by atoms with E-state index < -0.39 is 0 Å². The lowest BCUT2D eigenvalue weighted by Crippen LogP contribution is -2.55. The molecule has 3 nitrogen and oxygen atoms in total. The van der Waals surface area contributed by atoms with Gasteiger partial charge >= 0.3 is 0 Å². The zero-order valence-corrected chi connectivity index (χ0v) is 12.4. The van der Waals surface area contributed by atoms with Crippen LogP contribution < -0.4 is 10.6 Å². The predicted octanol–water partition coefficient (Wildman–Crippen LogP) is 2.34. The van der Waals surface area contributed by atoms with E-state index in [0.717, 1.165) is 26.2 Å². The molecule has 2 aromatic carbocycles. The number of anilines is 1. The summed E-state index contributed by atoms with van der Waals surface area (Å²) in [5.41, 5.74) is 8.69. The van der Waals surface area contributed by atoms with Crippen molar-refractivity contribution in [2.75, 3.05) is 31.1 Å². The van der Waals surface area contributed by atoms with E-state index in [1.165, 1.54) is 11.3 Å². The number of rotatable bonds is 4. The summed E-state index contributed by atoms with van der Waals surface area (Å²) in [6.45, 7) is 4.83. The minimum absolute atomic E-state index is 0.416. The molecule has 3 rings (SSSR count). The van der Waals surface area contributed by atoms with E-state index in [1.54, 1.807) is 0 Å². The molecular formula is C18H23N3. The van der Waals surface area contributed by atoms with Gasteiger partial charge in [0.1, 0.15) is 0 Å². The number of nitrogens with two attached hydrogens (primary N) is 1. The van der Waals surface area contributed by atoms with E-state index in [9.17, 15) is 0 Å². The lowest BCUT2D eigenvalue weighted by atomic mass is 10.1. The minimum Gasteiger partial charge on any atom is -0.369 e. The van der Waals surface area contributed by atoms with Gasteiger partial charge in [0.15, 0.2) is 0 Å². The van der Waals surface area contributed by atoms with Gasteiger partial charge in [-0.2, -0.15) is 0 Å². The minimum atomic E-state index is 0.416. The molecule has 0 saturated carbocycles. The average molecular weight is 281 g/mol. The van der Waals surface area contributed by atoms with Crippen molar-refractivity contribution in [1.82, 2.24) is 4.90 Å². The molecule has 0 bridgehead atoms. The highest BCUT2D eigenvalue weighted by molar-refractivity contribution is 5.46. The van der Waals surface area contributed by atoms with Gasteiger partial charge in [-0.3, -0.25) is 4.90 Å². The molecule has 1 fully saturated rings. The van der Waals surface area contributed by atoms with E-state index in [2.05, 4.69) is 70.5 Å². The van der Waals surface area contributed by atoms with Crippen LogP contribution in [0.1, 0.15) is 5.56 Å². The standard InChI is InChI=1S/C18H23N3/c19-13-18-15-21(17-9-5-2-6-10-17)12-11-20(18)14-16-7-3-1-4-8-16/h1-10,18H,11-15,19H2/t18-/m0/s1. The Morgan fingerprint density at radius 1 is 0.905 bits per heavy atom. The van der Waals surface area contributed by atoms with Gasteiger partial charge in [0.2, 0.25) is 0 Å². The molecule has 0 aliphatic carbocycles. The van der Waals surface area contributed by atoms with Crippen LogP contribution in [0.2, 0.25) is 0 Å². The van der Waals surface area contributed by atoms with Crippen LogP contribution in [-0.2, 0) is 6.54 Å². The van der Waals surface area contributed by atoms with Gasteiger partial charge in [-0.1, -0.05) is 48.5 Å². The summed E-state index contributed by atoms with van der Waals surface area (Å²) in [6, 6.07) is 21.7. The molecule has 1 saturated heterocycles. The maximum Gasteiger partial charge on any atom is 0.0398 e. The molecule has 2 aromatic rings. The number of hydrogen-bond donors (Lipinski definition) is 1. The maximum atomic E-state index is 6.02. The van der Waals surface area contributed by atoms with Crippen LogP contribution in [0.15, 0.2) is 60.7 Å². The molecule has 1 aliphatic heterocycles. The number of nitrogens with zero attached hydrogens (tertiary/aromatic N) is 2. The molecule has 1 aliphatic rings. The van der Waals surface area contributed by atoms with Crippen molar-refractivity contribution < 1.29 is 0 Å². The number of piperazine rings is 1. The molecule has 0 aromatic heterocycles. The second kappa shape index (κ2) is 6.74. The molecule has 110 valence electrons. The number of para-hydroxylation sites is 1. The van der Waals surface area contributed by atoms with Crippen molar-refractivity contribution in [3.8, 4) is 0 Å². The first-order chi connectivity index (χ1) is 10.4. The predicted molar refractivity (Wildman–Crippen MR) is 88.3 cm³/mol. The first-order valence-corrected chi connectivity index (χ1v) is 7.65. The first kappa shape index (κ1) is 14.1. The van der Waals surface area contributed by atoms with Crippen molar-refractivity contribution in [3.63, 3.8) is 0 Å². The van der Waals surface area contributed by atoms with E-state index in [1.807, 2.05) is 0 Å². The second-order valence-corrected chi connectivity index (χ2v) is 5.63. The Balaban J connectivity index is 1.67. The molecule has 0 spiro atoms. The lowest BCUT2D eigenvalue weighted by Gasteiger charge is -2.42. The number of hydrogen-bond acceptors (Lipinski definition) is 3. The highest BCUT2D eigenvalue weighted by atomic mass is 15.3. The maximum absolute atomic E-state index is 6.02. The smallest absolute Gasteiger partial charge is 0.0398 e. The third-order valence-corrected chi connectivity index (χ3v) is 4.23. The molecule has 1 heterocycles. The van der Waals surface area contributed by atoms with Crippen molar-refractivity contribution in [3.05, 3.63) is 66.2 Å². The van der Waals surface area contributed by atoms with Gasteiger partial charge < -0.3 is 10.6 Å². The SMILES string of the molecule is NC[C@H]1CN(c2ccccc2)CCN1Cc1ccccc1. The van der Waals surface area contributed by atoms with Gasteiger partial charge in [0, 0.05) is 44.5 Å². The fraction of sp³-hybridized carbons (Fsp3) is 0.333. The Morgan fingerprint density at radius 2 is 1.57 bits per heavy atom. The highest BCUT2D eigenvalue weighted by Crippen LogP contribution is 2.20. The first-order valence-electron chi connectivity index (χ1n) is 7.65. The zero-order chi connectivity index (χ0) is 14.5. The molecule has 0 amide bonds. The van der Waals surface area contributed by atoms with E-state index in [0.29, 0.717) is 12.6 Å². The van der Waals surface area contributed by atoms with Crippen LogP contribution in [-0.4, -0.2) is 37.1 Å². The highest BCUT2D eigenvalue weighted by Gasteiger charge is 2.25. The van der Waals surface area contributed by atoms with Gasteiger partial charge in [0.05, 0.1) is 0 Å². The van der Waals surface area contributed by atoms with Crippen molar-refractivity contribution in [2.45, 2.75) is 12.6 Å². The van der Waals surface area contributed by atoms with E-state index in [-0.39, 0.29) is 0 Å². The Labute approximate surface area is 127 Å². The van der Waals surface area contributed by atoms with Gasteiger partial charge in [0.25, 0.3) is 0 Å². The zero-order valence-electron chi connectivity index (χ0n) is 12.4. The Kier molecular flexibility index (Phi) is 4.53. The van der Waals surface area contributed by atoms with Crippen LogP contribution in [0.5, 0.6) is 0 Å². The molecule has 2 N–H and O–H groups in total. The Bertz CT molecular complexity index is 541. The van der Waals surface area contributed by atoms with Crippen molar-refractivity contribution in [1.29, 1.82) is 0 Å².